The second-order valence-electron chi connectivity index (χ2n) is 9.68. The van der Waals surface area contributed by atoms with Crippen LogP contribution >= 0.6 is 11.6 Å². The van der Waals surface area contributed by atoms with E-state index in [1.165, 1.54) is 35.3 Å². The lowest BCUT2D eigenvalue weighted by Crippen LogP contribution is -2.09. The molecular weight excluding hydrogens is 541 g/mol. The second-order valence-corrected chi connectivity index (χ2v) is 12.2. The molecule has 1 aliphatic rings. The lowest BCUT2D eigenvalue weighted by Gasteiger charge is -2.12. The Morgan fingerprint density at radius 3 is 2.62 bits per heavy atom. The van der Waals surface area contributed by atoms with E-state index >= 15 is 0 Å². The van der Waals surface area contributed by atoms with Crippen LogP contribution in [0.4, 0.5) is 10.2 Å². The number of ketones is 1. The Morgan fingerprint density at radius 1 is 1.15 bits per heavy atom. The monoisotopic (exact) mass is 565 g/mol. The summed E-state index contributed by atoms with van der Waals surface area (Å²) in [7, 11) is -3.19. The van der Waals surface area contributed by atoms with Crippen LogP contribution in [-0.4, -0.2) is 30.2 Å². The molecule has 1 heterocycles. The third-order valence-corrected chi connectivity index (χ3v) is 7.74. The highest BCUT2D eigenvalue weighted by Crippen LogP contribution is 2.35. The summed E-state index contributed by atoms with van der Waals surface area (Å²) in [6.45, 7) is 3.68. The lowest BCUT2D eigenvalue weighted by molar-refractivity contribution is 0.103. The van der Waals surface area contributed by atoms with Crippen molar-refractivity contribution in [3.63, 3.8) is 0 Å². The molecule has 0 radical (unpaired) electrons. The summed E-state index contributed by atoms with van der Waals surface area (Å²) in [6.07, 6.45) is 4.83. The van der Waals surface area contributed by atoms with Crippen LogP contribution in [0.5, 0.6) is 11.5 Å². The molecule has 0 fully saturated rings. The SMILES string of the molecule is Cc1cc2c(cc1CS(C)(=O)=O)CC(C(=O)c1cnn(-c3ccc(Oc4c(F)cccc4Cl)cc3C)c1N)=C2. The minimum absolute atomic E-state index is 0.0500. The zero-order valence-electron chi connectivity index (χ0n) is 21.5. The van der Waals surface area contributed by atoms with E-state index in [-0.39, 0.29) is 33.7 Å². The summed E-state index contributed by atoms with van der Waals surface area (Å²) in [4.78, 5) is 13.4. The van der Waals surface area contributed by atoms with E-state index in [9.17, 15) is 17.6 Å². The number of Topliss-reactive ketones (excluding diaryl/α,β-unsaturated/α-hetero) is 1. The van der Waals surface area contributed by atoms with Crippen molar-refractivity contribution in [2.45, 2.75) is 26.0 Å². The third-order valence-electron chi connectivity index (χ3n) is 6.60. The topological polar surface area (TPSA) is 104 Å². The fourth-order valence-corrected chi connectivity index (χ4v) is 5.74. The number of nitrogens with zero attached hydrogens (tertiary/aromatic N) is 2. The minimum atomic E-state index is -3.19. The van der Waals surface area contributed by atoms with E-state index in [1.54, 1.807) is 18.2 Å². The second kappa shape index (κ2) is 9.98. The highest BCUT2D eigenvalue weighted by Gasteiger charge is 2.25. The van der Waals surface area contributed by atoms with Gasteiger partial charge in [-0.3, -0.25) is 4.79 Å². The predicted octanol–water partition coefficient (Wildman–Crippen LogP) is 6.02. The van der Waals surface area contributed by atoms with Gasteiger partial charge in [-0.25, -0.2) is 17.5 Å². The number of carbonyl (C=O) groups excluding carboxylic acids is 1. The molecule has 0 spiro atoms. The fourth-order valence-electron chi connectivity index (χ4n) is 4.67. The zero-order valence-corrected chi connectivity index (χ0v) is 23.0. The zero-order chi connectivity index (χ0) is 28.1. The van der Waals surface area contributed by atoms with Crippen LogP contribution in [0.15, 0.2) is 60.3 Å². The van der Waals surface area contributed by atoms with Gasteiger partial charge < -0.3 is 10.5 Å². The van der Waals surface area contributed by atoms with Crippen molar-refractivity contribution in [1.82, 2.24) is 9.78 Å². The number of aromatic nitrogens is 2. The van der Waals surface area contributed by atoms with E-state index in [4.69, 9.17) is 22.1 Å². The normalized spacial score (nSPS) is 12.8. The van der Waals surface area contributed by atoms with Crippen LogP contribution < -0.4 is 10.5 Å². The molecule has 4 aromatic rings. The van der Waals surface area contributed by atoms with Crippen molar-refractivity contribution < 1.29 is 22.3 Å². The number of hydrogen-bond acceptors (Lipinski definition) is 6. The number of aryl methyl sites for hydroxylation is 2. The van der Waals surface area contributed by atoms with Crippen LogP contribution in [0.3, 0.4) is 0 Å². The molecule has 1 aliphatic carbocycles. The Labute approximate surface area is 230 Å². The third kappa shape index (κ3) is 5.32. The van der Waals surface area contributed by atoms with Gasteiger partial charge in [-0.2, -0.15) is 5.10 Å². The molecule has 0 amide bonds. The largest absolute Gasteiger partial charge is 0.453 e. The maximum atomic E-state index is 14.1. The first-order valence-electron chi connectivity index (χ1n) is 12.0. The number of halogens is 2. The van der Waals surface area contributed by atoms with Crippen LogP contribution in [0.1, 0.15) is 38.2 Å². The molecule has 2 N–H and O–H groups in total. The van der Waals surface area contributed by atoms with Gasteiger partial charge in [0, 0.05) is 18.2 Å². The number of nitrogens with two attached hydrogens (primary N) is 1. The predicted molar refractivity (Wildman–Crippen MR) is 150 cm³/mol. The molecule has 200 valence electrons. The molecule has 0 atom stereocenters. The number of carbonyl (C=O) groups is 1. The van der Waals surface area contributed by atoms with Crippen molar-refractivity contribution in [1.29, 1.82) is 0 Å². The van der Waals surface area contributed by atoms with Crippen molar-refractivity contribution in [2.75, 3.05) is 12.0 Å². The Hall–Kier alpha value is -3.95. The summed E-state index contributed by atoms with van der Waals surface area (Å²) in [6, 6.07) is 13.1. The lowest BCUT2D eigenvalue weighted by atomic mass is 10.0. The number of para-hydroxylation sites is 1. The summed E-state index contributed by atoms with van der Waals surface area (Å²) in [5, 5.41) is 4.51. The number of benzene rings is 3. The Morgan fingerprint density at radius 2 is 1.92 bits per heavy atom. The van der Waals surface area contributed by atoms with E-state index in [1.807, 2.05) is 32.1 Å². The van der Waals surface area contributed by atoms with Crippen LogP contribution in [0.25, 0.3) is 11.8 Å². The van der Waals surface area contributed by atoms with Gasteiger partial charge in [-0.1, -0.05) is 29.8 Å². The maximum absolute atomic E-state index is 14.1. The number of anilines is 1. The molecule has 5 rings (SSSR count). The van der Waals surface area contributed by atoms with Gasteiger partial charge in [0.15, 0.2) is 27.2 Å². The number of nitrogen functional groups attached to an aromatic ring is 1. The number of hydrogen-bond donors (Lipinski definition) is 1. The number of ether oxygens (including phenoxy) is 1. The Kier molecular flexibility index (Phi) is 6.82. The standard InChI is InChI=1S/C29H25ClFN3O4S/c1-16-9-18-11-20(12-19(18)13-21(16)15-39(3,36)37)27(35)23-14-33-34(29(23)32)26-8-7-22(10-17(26)2)38-28-24(30)5-4-6-25(28)31/h4-11,13-14H,12,15,32H2,1-3H3. The van der Waals surface area contributed by atoms with Gasteiger partial charge >= 0.3 is 0 Å². The van der Waals surface area contributed by atoms with Crippen LogP contribution in [0, 0.1) is 19.7 Å². The van der Waals surface area contributed by atoms with Gasteiger partial charge in [0.2, 0.25) is 0 Å². The highest BCUT2D eigenvalue weighted by molar-refractivity contribution is 7.89. The van der Waals surface area contributed by atoms with E-state index in [2.05, 4.69) is 5.10 Å². The number of sulfone groups is 1. The molecule has 3 aromatic carbocycles. The molecule has 0 saturated carbocycles. The molecular formula is C29H25ClFN3O4S. The summed E-state index contributed by atoms with van der Waals surface area (Å²) in [5.41, 5.74) is 11.9. The molecule has 1 aromatic heterocycles. The van der Waals surface area contributed by atoms with Crippen molar-refractivity contribution in [2.24, 2.45) is 0 Å². The first-order valence-corrected chi connectivity index (χ1v) is 14.5. The van der Waals surface area contributed by atoms with Gasteiger partial charge in [-0.05, 0) is 78.1 Å². The number of fused-ring (bicyclic) bond motifs is 1. The molecule has 7 nitrogen and oxygen atoms in total. The van der Waals surface area contributed by atoms with Crippen molar-refractivity contribution >= 4 is 39.1 Å². The summed E-state index contributed by atoms with van der Waals surface area (Å²) in [5.74, 6) is -0.379. The van der Waals surface area contributed by atoms with Gasteiger partial charge in [0.05, 0.1) is 28.2 Å². The van der Waals surface area contributed by atoms with E-state index in [0.29, 0.717) is 23.4 Å². The van der Waals surface area contributed by atoms with Gasteiger partial charge in [0.1, 0.15) is 11.6 Å². The summed E-state index contributed by atoms with van der Waals surface area (Å²) < 4.78 is 44.9. The minimum Gasteiger partial charge on any atom is -0.453 e. The van der Waals surface area contributed by atoms with Gasteiger partial charge in [-0.15, -0.1) is 0 Å². The maximum Gasteiger partial charge on any atom is 0.194 e. The number of allylic oxidation sites excluding steroid dienone is 1. The van der Waals surface area contributed by atoms with E-state index in [0.717, 1.165) is 27.8 Å². The molecule has 0 saturated heterocycles. The average molecular weight is 566 g/mol. The molecule has 0 aliphatic heterocycles. The molecule has 0 unspecified atom stereocenters. The first kappa shape index (κ1) is 26.6. The molecule has 10 heteroatoms. The summed E-state index contributed by atoms with van der Waals surface area (Å²) >= 11 is 6.07. The van der Waals surface area contributed by atoms with Crippen LogP contribution in [0.2, 0.25) is 5.02 Å². The molecule has 39 heavy (non-hydrogen) atoms. The molecule has 0 bridgehead atoms. The highest BCUT2D eigenvalue weighted by atomic mass is 35.5. The van der Waals surface area contributed by atoms with Crippen LogP contribution in [-0.2, 0) is 22.0 Å². The van der Waals surface area contributed by atoms with Crippen molar-refractivity contribution in [3.05, 3.63) is 105 Å². The fraction of sp³-hybridized carbons (Fsp3) is 0.172. The van der Waals surface area contributed by atoms with Crippen molar-refractivity contribution in [3.8, 4) is 17.2 Å². The number of rotatable bonds is 7. The average Bonchev–Trinajstić information content (AvgIpc) is 3.44. The Bertz CT molecular complexity index is 1770. The van der Waals surface area contributed by atoms with E-state index < -0.39 is 15.7 Å². The van der Waals surface area contributed by atoms with Gasteiger partial charge in [0.25, 0.3) is 0 Å². The quantitative estimate of drug-likeness (QED) is 0.275. The Balaban J connectivity index is 1.38. The smallest absolute Gasteiger partial charge is 0.194 e. The first-order chi connectivity index (χ1) is 18.4.